The van der Waals surface area contributed by atoms with Crippen LogP contribution in [-0.4, -0.2) is 48.6 Å². The first kappa shape index (κ1) is 20.1. The van der Waals surface area contributed by atoms with Crippen molar-refractivity contribution in [1.82, 2.24) is 9.62 Å². The third-order valence-corrected chi connectivity index (χ3v) is 7.39. The van der Waals surface area contributed by atoms with E-state index < -0.39 is 28.3 Å². The molecule has 1 aromatic heterocycles. The van der Waals surface area contributed by atoms with Crippen molar-refractivity contribution in [1.29, 1.82) is 0 Å². The van der Waals surface area contributed by atoms with Gasteiger partial charge in [0.1, 0.15) is 4.21 Å². The van der Waals surface area contributed by atoms with Crippen molar-refractivity contribution in [3.8, 4) is 0 Å². The summed E-state index contributed by atoms with van der Waals surface area (Å²) in [6, 6.07) is 1.29. The predicted molar refractivity (Wildman–Crippen MR) is 85.4 cm³/mol. The van der Waals surface area contributed by atoms with Gasteiger partial charge in [0.05, 0.1) is 12.6 Å². The van der Waals surface area contributed by atoms with Gasteiger partial charge >= 0.3 is 6.18 Å². The fourth-order valence-corrected chi connectivity index (χ4v) is 5.80. The smallest absolute Gasteiger partial charge is 0.382 e. The highest BCUT2D eigenvalue weighted by Crippen LogP contribution is 2.35. The summed E-state index contributed by atoms with van der Waals surface area (Å²) in [5.41, 5.74) is 0. The Morgan fingerprint density at radius 2 is 2.12 bits per heavy atom. The van der Waals surface area contributed by atoms with Crippen LogP contribution >= 0.6 is 11.3 Å². The van der Waals surface area contributed by atoms with E-state index in [1.807, 2.05) is 0 Å². The zero-order valence-electron chi connectivity index (χ0n) is 13.4. The van der Waals surface area contributed by atoms with Gasteiger partial charge in [0.15, 0.2) is 6.10 Å². The largest absolute Gasteiger partial charge is 0.415 e. The van der Waals surface area contributed by atoms with Crippen LogP contribution in [0.5, 0.6) is 0 Å². The molecule has 2 rings (SSSR count). The second-order valence-electron chi connectivity index (χ2n) is 5.80. The highest BCUT2D eigenvalue weighted by atomic mass is 32.2. The molecule has 0 unspecified atom stereocenters. The number of amides is 1. The maximum Gasteiger partial charge on any atom is 0.415 e. The molecule has 6 nitrogen and oxygen atoms in total. The van der Waals surface area contributed by atoms with Crippen LogP contribution in [0.4, 0.5) is 13.2 Å². The topological polar surface area (TPSA) is 86.7 Å². The number of alkyl halides is 3. The normalized spacial score (nSPS) is 21.1. The summed E-state index contributed by atoms with van der Waals surface area (Å²) in [6.45, 7) is 1.39. The number of carbonyl (C=O) groups excluding carboxylic acids is 1. The summed E-state index contributed by atoms with van der Waals surface area (Å²) >= 11 is 0.889. The van der Waals surface area contributed by atoms with Crippen LogP contribution < -0.4 is 5.32 Å². The van der Waals surface area contributed by atoms with Gasteiger partial charge < -0.3 is 10.4 Å². The standard InChI is InChI=1S/C14H19F3N2O4S2/c1-9(20)18-8-10-5-6-12(24-10)25(22,23)19-7-3-2-4-11(19)13(21)14(15,16)17/h5-6,11,13,21H,2-4,7-8H2,1H3,(H,18,20)/t11-,13+/m1/s1. The van der Waals surface area contributed by atoms with Gasteiger partial charge in [-0.05, 0) is 25.0 Å². The van der Waals surface area contributed by atoms with Gasteiger partial charge in [-0.3, -0.25) is 4.79 Å². The molecule has 0 saturated carbocycles. The van der Waals surface area contributed by atoms with E-state index in [2.05, 4.69) is 5.32 Å². The van der Waals surface area contributed by atoms with Gasteiger partial charge in [0.25, 0.3) is 10.0 Å². The van der Waals surface area contributed by atoms with Crippen molar-refractivity contribution in [3.63, 3.8) is 0 Å². The average molecular weight is 400 g/mol. The third-order valence-electron chi connectivity index (χ3n) is 3.91. The summed E-state index contributed by atoms with van der Waals surface area (Å²) < 4.78 is 64.8. The number of hydrogen-bond donors (Lipinski definition) is 2. The van der Waals surface area contributed by atoms with Crippen LogP contribution in [0.3, 0.4) is 0 Å². The Bertz CT molecular complexity index is 718. The van der Waals surface area contributed by atoms with E-state index in [1.165, 1.54) is 19.1 Å². The molecule has 1 aromatic rings. The molecular weight excluding hydrogens is 381 g/mol. The Hall–Kier alpha value is -1.17. The van der Waals surface area contributed by atoms with Gasteiger partial charge in [-0.2, -0.15) is 17.5 Å². The lowest BCUT2D eigenvalue weighted by Gasteiger charge is -2.37. The molecule has 1 aliphatic rings. The molecule has 1 fully saturated rings. The molecule has 1 saturated heterocycles. The molecule has 0 bridgehead atoms. The zero-order chi connectivity index (χ0) is 18.8. The summed E-state index contributed by atoms with van der Waals surface area (Å²) in [4.78, 5) is 11.5. The van der Waals surface area contributed by atoms with Gasteiger partial charge in [0, 0.05) is 18.3 Å². The summed E-state index contributed by atoms with van der Waals surface area (Å²) in [7, 11) is -4.16. The van der Waals surface area contributed by atoms with Crippen molar-refractivity contribution in [3.05, 3.63) is 17.0 Å². The lowest BCUT2D eigenvalue weighted by atomic mass is 9.99. The van der Waals surface area contributed by atoms with Crippen molar-refractivity contribution in [2.75, 3.05) is 6.54 Å². The van der Waals surface area contributed by atoms with Gasteiger partial charge in [-0.1, -0.05) is 6.42 Å². The van der Waals surface area contributed by atoms with Crippen LogP contribution in [0.1, 0.15) is 31.1 Å². The van der Waals surface area contributed by atoms with Gasteiger partial charge in [0.2, 0.25) is 5.91 Å². The molecule has 0 radical (unpaired) electrons. The molecule has 0 aliphatic carbocycles. The second-order valence-corrected chi connectivity index (χ2v) is 9.08. The minimum absolute atomic E-state index is 0.0516. The predicted octanol–water partition coefficient (Wildman–Crippen LogP) is 1.85. The van der Waals surface area contributed by atoms with Crippen LogP contribution in [0.25, 0.3) is 0 Å². The van der Waals surface area contributed by atoms with E-state index in [0.717, 1.165) is 15.6 Å². The molecule has 142 valence electrons. The molecule has 2 atom stereocenters. The summed E-state index contributed by atoms with van der Waals surface area (Å²) in [5.74, 6) is -0.276. The fourth-order valence-electron chi connectivity index (χ4n) is 2.68. The highest BCUT2D eigenvalue weighted by Gasteiger charge is 2.49. The van der Waals surface area contributed by atoms with Crippen LogP contribution in [-0.2, 0) is 21.4 Å². The molecule has 2 N–H and O–H groups in total. The minimum atomic E-state index is -4.89. The quantitative estimate of drug-likeness (QED) is 0.790. The van der Waals surface area contributed by atoms with E-state index in [4.69, 9.17) is 0 Å². The first-order valence-corrected chi connectivity index (χ1v) is 9.89. The first-order valence-electron chi connectivity index (χ1n) is 7.63. The molecule has 1 aliphatic heterocycles. The molecule has 25 heavy (non-hydrogen) atoms. The number of nitrogens with one attached hydrogen (secondary N) is 1. The monoisotopic (exact) mass is 400 g/mol. The number of nitrogens with zero attached hydrogens (tertiary/aromatic N) is 1. The number of halogens is 3. The van der Waals surface area contributed by atoms with E-state index >= 15 is 0 Å². The van der Waals surface area contributed by atoms with Gasteiger partial charge in [-0.15, -0.1) is 11.3 Å². The molecule has 11 heteroatoms. The number of aliphatic hydroxyl groups excluding tert-OH is 1. The average Bonchev–Trinajstić information content (AvgIpc) is 3.01. The Kier molecular flexibility index (Phi) is 6.13. The molecule has 0 aromatic carbocycles. The van der Waals surface area contributed by atoms with E-state index in [0.29, 0.717) is 17.7 Å². The number of thiophene rings is 1. The summed E-state index contributed by atoms with van der Waals surface area (Å²) in [5, 5.41) is 12.1. The Labute approximate surface area is 147 Å². The Morgan fingerprint density at radius 3 is 2.72 bits per heavy atom. The number of sulfonamides is 1. The number of carbonyl (C=O) groups is 1. The number of hydrogen-bond acceptors (Lipinski definition) is 5. The Morgan fingerprint density at radius 1 is 1.44 bits per heavy atom. The SMILES string of the molecule is CC(=O)NCc1ccc(S(=O)(=O)N2CCCC[C@@H]2[C@H](O)C(F)(F)F)s1. The van der Waals surface area contributed by atoms with E-state index in [-0.39, 0.29) is 29.6 Å². The van der Waals surface area contributed by atoms with Crippen molar-refractivity contribution in [2.45, 2.75) is 55.3 Å². The van der Waals surface area contributed by atoms with Gasteiger partial charge in [-0.25, -0.2) is 8.42 Å². The highest BCUT2D eigenvalue weighted by molar-refractivity contribution is 7.91. The van der Waals surface area contributed by atoms with Crippen LogP contribution in [0, 0.1) is 0 Å². The lowest BCUT2D eigenvalue weighted by molar-refractivity contribution is -0.219. The zero-order valence-corrected chi connectivity index (χ0v) is 15.0. The van der Waals surface area contributed by atoms with Crippen LogP contribution in [0.15, 0.2) is 16.3 Å². The summed E-state index contributed by atoms with van der Waals surface area (Å²) in [6.07, 6.45) is -6.81. The number of aliphatic hydroxyl groups is 1. The fraction of sp³-hybridized carbons (Fsp3) is 0.643. The first-order chi connectivity index (χ1) is 11.5. The maximum atomic E-state index is 12.9. The molecular formula is C14H19F3N2O4S2. The van der Waals surface area contributed by atoms with Crippen molar-refractivity contribution >= 4 is 27.3 Å². The molecule has 0 spiro atoms. The second kappa shape index (κ2) is 7.60. The Balaban J connectivity index is 2.25. The van der Waals surface area contributed by atoms with Crippen molar-refractivity contribution in [2.24, 2.45) is 0 Å². The number of piperidine rings is 1. The lowest BCUT2D eigenvalue weighted by Crippen LogP contribution is -2.54. The van der Waals surface area contributed by atoms with Crippen molar-refractivity contribution < 1.29 is 31.5 Å². The molecule has 2 heterocycles. The van der Waals surface area contributed by atoms with Crippen LogP contribution in [0.2, 0.25) is 0 Å². The number of rotatable bonds is 5. The minimum Gasteiger partial charge on any atom is -0.382 e. The third kappa shape index (κ3) is 4.72. The molecule has 1 amide bonds. The van der Waals surface area contributed by atoms with E-state index in [9.17, 15) is 31.5 Å². The maximum absolute atomic E-state index is 12.9. The van der Waals surface area contributed by atoms with E-state index in [1.54, 1.807) is 0 Å².